The van der Waals surface area contributed by atoms with E-state index in [0.717, 1.165) is 62.9 Å². The van der Waals surface area contributed by atoms with Crippen molar-refractivity contribution >= 4 is 15.6 Å². The molecule has 158 valence electrons. The van der Waals surface area contributed by atoms with Crippen molar-refractivity contribution < 1.29 is 17.9 Å². The SMILES string of the molecule is CCCCOc1cccc(CCC(=O)C2CCC(CS(=O)(=O)C(C)C)CC2)c1. The largest absolute Gasteiger partial charge is 0.494 e. The van der Waals surface area contributed by atoms with Crippen molar-refractivity contribution in [2.75, 3.05) is 12.4 Å². The molecule has 0 amide bonds. The summed E-state index contributed by atoms with van der Waals surface area (Å²) >= 11 is 0. The average Bonchev–Trinajstić information content (AvgIpc) is 2.67. The molecule has 1 aliphatic rings. The van der Waals surface area contributed by atoms with Gasteiger partial charge in [-0.3, -0.25) is 4.79 Å². The molecule has 1 fully saturated rings. The van der Waals surface area contributed by atoms with Gasteiger partial charge in [-0.1, -0.05) is 25.5 Å². The Labute approximate surface area is 171 Å². The van der Waals surface area contributed by atoms with Crippen LogP contribution in [0.25, 0.3) is 0 Å². The van der Waals surface area contributed by atoms with Gasteiger partial charge in [0.25, 0.3) is 0 Å². The van der Waals surface area contributed by atoms with Gasteiger partial charge in [0.1, 0.15) is 11.5 Å². The van der Waals surface area contributed by atoms with Crippen LogP contribution in [0.4, 0.5) is 0 Å². The van der Waals surface area contributed by atoms with Crippen LogP contribution in [-0.4, -0.2) is 31.8 Å². The Morgan fingerprint density at radius 2 is 1.89 bits per heavy atom. The second-order valence-corrected chi connectivity index (χ2v) is 11.0. The number of benzene rings is 1. The second-order valence-electron chi connectivity index (χ2n) is 8.41. The number of ketones is 1. The van der Waals surface area contributed by atoms with Crippen LogP contribution in [0, 0.1) is 11.8 Å². The Morgan fingerprint density at radius 1 is 1.18 bits per heavy atom. The van der Waals surface area contributed by atoms with Crippen molar-refractivity contribution in [1.29, 1.82) is 0 Å². The predicted molar refractivity (Wildman–Crippen MR) is 115 cm³/mol. The molecule has 0 saturated heterocycles. The summed E-state index contributed by atoms with van der Waals surface area (Å²) in [5, 5.41) is -0.312. The summed E-state index contributed by atoms with van der Waals surface area (Å²) < 4.78 is 30.0. The molecule has 28 heavy (non-hydrogen) atoms. The number of aryl methyl sites for hydroxylation is 1. The molecule has 0 aliphatic heterocycles. The van der Waals surface area contributed by atoms with Gasteiger partial charge < -0.3 is 4.74 Å². The van der Waals surface area contributed by atoms with Crippen LogP contribution in [0.5, 0.6) is 5.75 Å². The fourth-order valence-corrected chi connectivity index (χ4v) is 5.14. The Kier molecular flexibility index (Phi) is 9.00. The van der Waals surface area contributed by atoms with E-state index in [1.807, 2.05) is 24.3 Å². The number of unbranched alkanes of at least 4 members (excludes halogenated alkanes) is 1. The number of hydrogen-bond donors (Lipinski definition) is 0. The highest BCUT2D eigenvalue weighted by atomic mass is 32.2. The highest BCUT2D eigenvalue weighted by Crippen LogP contribution is 2.32. The van der Waals surface area contributed by atoms with Gasteiger partial charge in [0.15, 0.2) is 9.84 Å². The van der Waals surface area contributed by atoms with E-state index in [2.05, 4.69) is 6.92 Å². The molecule has 5 heteroatoms. The predicted octanol–water partition coefficient (Wildman–Crippen LogP) is 5.00. The fraction of sp³-hybridized carbons (Fsp3) is 0.696. The lowest BCUT2D eigenvalue weighted by atomic mass is 9.79. The smallest absolute Gasteiger partial charge is 0.152 e. The third-order valence-corrected chi connectivity index (χ3v) is 8.19. The van der Waals surface area contributed by atoms with E-state index in [1.54, 1.807) is 13.8 Å². The van der Waals surface area contributed by atoms with E-state index >= 15 is 0 Å². The van der Waals surface area contributed by atoms with E-state index in [1.165, 1.54) is 0 Å². The molecule has 0 atom stereocenters. The zero-order valence-corrected chi connectivity index (χ0v) is 18.5. The maximum Gasteiger partial charge on any atom is 0.152 e. The van der Waals surface area contributed by atoms with Crippen LogP contribution < -0.4 is 4.74 Å². The lowest BCUT2D eigenvalue weighted by Crippen LogP contribution is -2.28. The normalized spacial score (nSPS) is 20.3. The first-order chi connectivity index (χ1) is 13.3. The zero-order valence-electron chi connectivity index (χ0n) is 17.7. The van der Waals surface area contributed by atoms with Gasteiger partial charge >= 0.3 is 0 Å². The molecule has 0 radical (unpaired) electrons. The number of sulfone groups is 1. The Hall–Kier alpha value is -1.36. The second kappa shape index (κ2) is 11.0. The van der Waals surface area contributed by atoms with Crippen molar-refractivity contribution in [2.24, 2.45) is 11.8 Å². The van der Waals surface area contributed by atoms with Gasteiger partial charge in [-0.05, 0) is 76.0 Å². The van der Waals surface area contributed by atoms with Crippen LogP contribution >= 0.6 is 0 Å². The van der Waals surface area contributed by atoms with Gasteiger partial charge in [-0.25, -0.2) is 8.42 Å². The van der Waals surface area contributed by atoms with Crippen LogP contribution in [0.2, 0.25) is 0 Å². The van der Waals surface area contributed by atoms with Gasteiger partial charge in [-0.2, -0.15) is 0 Å². The summed E-state index contributed by atoms with van der Waals surface area (Å²) in [6.07, 6.45) is 6.81. The molecule has 2 rings (SSSR count). The number of Topliss-reactive ketones (excluding diaryl/α,β-unsaturated/α-hetero) is 1. The minimum atomic E-state index is -2.99. The number of carbonyl (C=O) groups is 1. The fourth-order valence-electron chi connectivity index (χ4n) is 3.77. The standard InChI is InChI=1S/C23H36O4S/c1-4-5-15-27-22-8-6-7-19(16-22)11-14-23(24)21-12-9-20(10-13-21)17-28(25,26)18(2)3/h6-8,16,18,20-21H,4-5,9-15,17H2,1-3H3. The number of hydrogen-bond acceptors (Lipinski definition) is 4. The highest BCUT2D eigenvalue weighted by molar-refractivity contribution is 7.91. The maximum atomic E-state index is 12.6. The van der Waals surface area contributed by atoms with Crippen LogP contribution in [-0.2, 0) is 21.1 Å². The molecule has 1 saturated carbocycles. The number of rotatable bonds is 11. The first kappa shape index (κ1) is 22.9. The molecule has 0 unspecified atom stereocenters. The summed E-state index contributed by atoms with van der Waals surface area (Å²) in [7, 11) is -2.99. The maximum absolute atomic E-state index is 12.6. The van der Waals surface area contributed by atoms with E-state index in [9.17, 15) is 13.2 Å². The third kappa shape index (κ3) is 7.23. The van der Waals surface area contributed by atoms with Gasteiger partial charge in [-0.15, -0.1) is 0 Å². The molecule has 0 heterocycles. The average molecular weight is 409 g/mol. The summed E-state index contributed by atoms with van der Waals surface area (Å²) in [5.41, 5.74) is 1.14. The van der Waals surface area contributed by atoms with E-state index in [-0.39, 0.29) is 22.8 Å². The molecule has 0 aromatic heterocycles. The zero-order chi connectivity index (χ0) is 20.6. The number of ether oxygens (including phenoxy) is 1. The quantitative estimate of drug-likeness (QED) is 0.484. The molecule has 1 aromatic rings. The first-order valence-corrected chi connectivity index (χ1v) is 12.5. The van der Waals surface area contributed by atoms with E-state index < -0.39 is 9.84 Å². The van der Waals surface area contributed by atoms with Gasteiger partial charge in [0.05, 0.1) is 17.6 Å². The first-order valence-electron chi connectivity index (χ1n) is 10.8. The lowest BCUT2D eigenvalue weighted by molar-refractivity contribution is -0.124. The number of carbonyl (C=O) groups excluding carboxylic acids is 1. The van der Waals surface area contributed by atoms with Crippen LogP contribution in [0.1, 0.15) is 71.3 Å². The molecule has 1 aromatic carbocycles. The Balaban J connectivity index is 1.76. The summed E-state index contributed by atoms with van der Waals surface area (Å²) in [6.45, 7) is 6.36. The molecule has 0 spiro atoms. The van der Waals surface area contributed by atoms with Gasteiger partial charge in [0, 0.05) is 12.3 Å². The summed E-state index contributed by atoms with van der Waals surface area (Å²) in [5.74, 6) is 1.79. The lowest BCUT2D eigenvalue weighted by Gasteiger charge is -2.28. The minimum absolute atomic E-state index is 0.0991. The Morgan fingerprint density at radius 3 is 2.54 bits per heavy atom. The molecule has 1 aliphatic carbocycles. The molecular formula is C23H36O4S. The minimum Gasteiger partial charge on any atom is -0.494 e. The Bertz CT molecular complexity index is 716. The highest BCUT2D eigenvalue weighted by Gasteiger charge is 2.29. The summed E-state index contributed by atoms with van der Waals surface area (Å²) in [4.78, 5) is 12.6. The van der Waals surface area contributed by atoms with Crippen molar-refractivity contribution in [3.05, 3.63) is 29.8 Å². The molecule has 4 nitrogen and oxygen atoms in total. The van der Waals surface area contributed by atoms with E-state index in [0.29, 0.717) is 12.2 Å². The topological polar surface area (TPSA) is 60.4 Å². The van der Waals surface area contributed by atoms with Crippen molar-refractivity contribution in [1.82, 2.24) is 0 Å². The monoisotopic (exact) mass is 408 g/mol. The van der Waals surface area contributed by atoms with E-state index in [4.69, 9.17) is 4.74 Å². The third-order valence-electron chi connectivity index (χ3n) is 5.81. The molecular weight excluding hydrogens is 372 g/mol. The van der Waals surface area contributed by atoms with Crippen molar-refractivity contribution in [3.63, 3.8) is 0 Å². The molecule has 0 N–H and O–H groups in total. The van der Waals surface area contributed by atoms with Crippen LogP contribution in [0.3, 0.4) is 0 Å². The van der Waals surface area contributed by atoms with Crippen LogP contribution in [0.15, 0.2) is 24.3 Å². The molecule has 0 bridgehead atoms. The van der Waals surface area contributed by atoms with Crippen molar-refractivity contribution in [2.45, 2.75) is 77.4 Å². The summed E-state index contributed by atoms with van der Waals surface area (Å²) in [6, 6.07) is 8.04. The van der Waals surface area contributed by atoms with Crippen molar-refractivity contribution in [3.8, 4) is 5.75 Å². The van der Waals surface area contributed by atoms with Gasteiger partial charge in [0.2, 0.25) is 0 Å².